The molecule has 1 fully saturated rings. The van der Waals surface area contributed by atoms with Crippen LogP contribution in [0.1, 0.15) is 76.6 Å². The Morgan fingerprint density at radius 2 is 1.75 bits per heavy atom. The van der Waals surface area contributed by atoms with Gasteiger partial charge in [0.25, 0.3) is 0 Å². The first kappa shape index (κ1) is 24.7. The van der Waals surface area contributed by atoms with Crippen LogP contribution in [-0.2, 0) is 0 Å². The number of aliphatic hydroxyl groups is 1. The van der Waals surface area contributed by atoms with Crippen molar-refractivity contribution < 1.29 is 9.84 Å². The van der Waals surface area contributed by atoms with Crippen molar-refractivity contribution in [3.05, 3.63) is 48.5 Å². The summed E-state index contributed by atoms with van der Waals surface area (Å²) in [6, 6.07) is 9.78. The third kappa shape index (κ3) is 7.91. The molecule has 32 heavy (non-hydrogen) atoms. The van der Waals surface area contributed by atoms with Crippen LogP contribution >= 0.6 is 0 Å². The van der Waals surface area contributed by atoms with Crippen molar-refractivity contribution in [2.75, 3.05) is 32.7 Å². The summed E-state index contributed by atoms with van der Waals surface area (Å²) in [6.45, 7) is 7.94. The minimum Gasteiger partial charge on any atom is -0.479 e. The molecule has 2 aromatic rings. The SMILES string of the molecule is CCCCCC(O)(CCCCCCN1CCNCC1)C(Oc1ccccc1)c1ncc[nH]1. The normalized spacial score (nSPS) is 17.7. The Bertz CT molecular complexity index is 719. The maximum atomic E-state index is 11.9. The summed E-state index contributed by atoms with van der Waals surface area (Å²) in [5, 5.41) is 15.3. The largest absolute Gasteiger partial charge is 0.479 e. The Hall–Kier alpha value is -1.89. The molecule has 0 radical (unpaired) electrons. The smallest absolute Gasteiger partial charge is 0.184 e. The van der Waals surface area contributed by atoms with Gasteiger partial charge in [0.2, 0.25) is 0 Å². The summed E-state index contributed by atoms with van der Waals surface area (Å²) in [4.78, 5) is 10.2. The topological polar surface area (TPSA) is 73.4 Å². The van der Waals surface area contributed by atoms with Crippen LogP contribution in [0.2, 0.25) is 0 Å². The molecule has 1 aliphatic rings. The number of aromatic nitrogens is 2. The van der Waals surface area contributed by atoms with Crippen molar-refractivity contribution >= 4 is 0 Å². The van der Waals surface area contributed by atoms with Crippen LogP contribution in [0.15, 0.2) is 42.7 Å². The van der Waals surface area contributed by atoms with Crippen LogP contribution in [0.5, 0.6) is 5.75 Å². The van der Waals surface area contributed by atoms with E-state index in [1.54, 1.807) is 12.4 Å². The lowest BCUT2D eigenvalue weighted by molar-refractivity contribution is -0.0817. The first-order valence-electron chi connectivity index (χ1n) is 12.6. The van der Waals surface area contributed by atoms with Crippen molar-refractivity contribution in [3.8, 4) is 5.75 Å². The summed E-state index contributed by atoms with van der Waals surface area (Å²) >= 11 is 0. The number of benzene rings is 1. The van der Waals surface area contributed by atoms with E-state index in [0.717, 1.165) is 63.8 Å². The number of hydrogen-bond acceptors (Lipinski definition) is 5. The number of unbranched alkanes of at least 4 members (excludes halogenated alkanes) is 5. The predicted molar refractivity (Wildman–Crippen MR) is 130 cm³/mol. The van der Waals surface area contributed by atoms with Crippen molar-refractivity contribution in [3.63, 3.8) is 0 Å². The minimum absolute atomic E-state index is 0.502. The fraction of sp³-hybridized carbons (Fsp3) is 0.654. The zero-order valence-corrected chi connectivity index (χ0v) is 19.8. The second-order valence-electron chi connectivity index (χ2n) is 9.10. The van der Waals surface area contributed by atoms with Crippen LogP contribution in [0.25, 0.3) is 0 Å². The molecule has 0 aliphatic carbocycles. The standard InChI is InChI=1S/C26H42N4O2/c1-2-3-9-14-26(31,15-10-4-5-11-20-30-21-18-27-19-22-30)24(25-28-16-17-29-25)32-23-12-7-6-8-13-23/h6-8,12-13,16-17,24,27,31H,2-5,9-11,14-15,18-22H2,1H3,(H,28,29). The van der Waals surface area contributed by atoms with Gasteiger partial charge in [-0.15, -0.1) is 0 Å². The van der Waals surface area contributed by atoms with E-state index in [2.05, 4.69) is 27.1 Å². The molecule has 1 aliphatic heterocycles. The molecule has 0 spiro atoms. The summed E-state index contributed by atoms with van der Waals surface area (Å²) < 4.78 is 6.36. The first-order chi connectivity index (χ1) is 15.7. The van der Waals surface area contributed by atoms with Crippen LogP contribution < -0.4 is 10.1 Å². The maximum absolute atomic E-state index is 11.9. The van der Waals surface area contributed by atoms with Crippen LogP contribution in [-0.4, -0.2) is 58.3 Å². The summed E-state index contributed by atoms with van der Waals surface area (Å²) in [7, 11) is 0. The van der Waals surface area contributed by atoms with Gasteiger partial charge >= 0.3 is 0 Å². The molecule has 2 unspecified atom stereocenters. The molecule has 178 valence electrons. The van der Waals surface area contributed by atoms with E-state index in [9.17, 15) is 5.11 Å². The Balaban J connectivity index is 1.58. The number of hydrogen-bond donors (Lipinski definition) is 3. The Labute approximate surface area is 193 Å². The number of H-pyrrole nitrogens is 1. The predicted octanol–water partition coefficient (Wildman–Crippen LogP) is 4.70. The molecule has 2 heterocycles. The van der Waals surface area contributed by atoms with Gasteiger partial charge in [0.15, 0.2) is 6.10 Å². The second-order valence-corrected chi connectivity index (χ2v) is 9.10. The maximum Gasteiger partial charge on any atom is 0.184 e. The van der Waals surface area contributed by atoms with E-state index in [4.69, 9.17) is 4.74 Å². The van der Waals surface area contributed by atoms with Gasteiger partial charge in [0, 0.05) is 38.6 Å². The van der Waals surface area contributed by atoms with E-state index in [0.29, 0.717) is 5.82 Å². The van der Waals surface area contributed by atoms with Crippen molar-refractivity contribution in [1.29, 1.82) is 0 Å². The summed E-state index contributed by atoms with van der Waals surface area (Å²) in [5.74, 6) is 1.46. The van der Waals surface area contributed by atoms with E-state index in [-0.39, 0.29) is 0 Å². The fourth-order valence-electron chi connectivity index (χ4n) is 4.60. The third-order valence-electron chi connectivity index (χ3n) is 6.51. The van der Waals surface area contributed by atoms with Gasteiger partial charge in [-0.25, -0.2) is 4.98 Å². The zero-order valence-electron chi connectivity index (χ0n) is 19.8. The van der Waals surface area contributed by atoms with Crippen LogP contribution in [0.4, 0.5) is 0 Å². The quantitative estimate of drug-likeness (QED) is 0.349. The number of piperazine rings is 1. The average Bonchev–Trinajstić information content (AvgIpc) is 3.36. The zero-order chi connectivity index (χ0) is 22.5. The van der Waals surface area contributed by atoms with Gasteiger partial charge in [-0.1, -0.05) is 63.6 Å². The Morgan fingerprint density at radius 1 is 1.03 bits per heavy atom. The van der Waals surface area contributed by atoms with E-state index >= 15 is 0 Å². The van der Waals surface area contributed by atoms with Gasteiger partial charge in [0.05, 0.1) is 0 Å². The molecule has 1 saturated heterocycles. The van der Waals surface area contributed by atoms with Gasteiger partial charge in [0.1, 0.15) is 17.2 Å². The van der Waals surface area contributed by atoms with Crippen molar-refractivity contribution in [2.45, 2.75) is 76.4 Å². The van der Waals surface area contributed by atoms with Crippen molar-refractivity contribution in [1.82, 2.24) is 20.2 Å². The molecule has 0 saturated carbocycles. The molecule has 3 rings (SSSR count). The van der Waals surface area contributed by atoms with Gasteiger partial charge < -0.3 is 25.0 Å². The molecule has 1 aromatic heterocycles. The first-order valence-corrected chi connectivity index (χ1v) is 12.6. The second kappa shape index (κ2) is 13.6. The molecular formula is C26H42N4O2. The number of para-hydroxylation sites is 1. The van der Waals surface area contributed by atoms with E-state index in [1.807, 2.05) is 30.3 Å². The number of nitrogens with zero attached hydrogens (tertiary/aromatic N) is 2. The number of nitrogens with one attached hydrogen (secondary N) is 2. The lowest BCUT2D eigenvalue weighted by Gasteiger charge is -2.35. The Kier molecular flexibility index (Phi) is 10.5. The third-order valence-corrected chi connectivity index (χ3v) is 6.51. The number of aromatic amines is 1. The monoisotopic (exact) mass is 442 g/mol. The molecule has 6 nitrogen and oxygen atoms in total. The highest BCUT2D eigenvalue weighted by atomic mass is 16.5. The molecule has 0 amide bonds. The number of rotatable bonds is 15. The molecule has 0 bridgehead atoms. The summed E-state index contributed by atoms with van der Waals surface area (Å²) in [5.41, 5.74) is -0.943. The highest BCUT2D eigenvalue weighted by Crippen LogP contribution is 2.37. The lowest BCUT2D eigenvalue weighted by Crippen LogP contribution is -2.43. The summed E-state index contributed by atoms with van der Waals surface area (Å²) in [6.07, 6.45) is 12.3. The lowest BCUT2D eigenvalue weighted by atomic mass is 9.84. The highest BCUT2D eigenvalue weighted by molar-refractivity contribution is 5.22. The molecular weight excluding hydrogens is 400 g/mol. The van der Waals surface area contributed by atoms with Gasteiger partial charge in [-0.3, -0.25) is 0 Å². The van der Waals surface area contributed by atoms with Crippen molar-refractivity contribution in [2.24, 2.45) is 0 Å². The Morgan fingerprint density at radius 3 is 2.44 bits per heavy atom. The number of ether oxygens (including phenoxy) is 1. The fourth-order valence-corrected chi connectivity index (χ4v) is 4.60. The van der Waals surface area contributed by atoms with Crippen LogP contribution in [0.3, 0.4) is 0 Å². The van der Waals surface area contributed by atoms with E-state index < -0.39 is 11.7 Å². The highest BCUT2D eigenvalue weighted by Gasteiger charge is 2.40. The average molecular weight is 443 g/mol. The minimum atomic E-state index is -0.943. The van der Waals surface area contributed by atoms with Gasteiger partial charge in [-0.2, -0.15) is 0 Å². The molecule has 6 heteroatoms. The van der Waals surface area contributed by atoms with E-state index in [1.165, 1.54) is 32.5 Å². The van der Waals surface area contributed by atoms with Gasteiger partial charge in [-0.05, 0) is 37.9 Å². The molecule has 3 N–H and O–H groups in total. The molecule has 1 aromatic carbocycles. The van der Waals surface area contributed by atoms with Crippen LogP contribution in [0, 0.1) is 0 Å². The number of imidazole rings is 1. The molecule has 2 atom stereocenters.